The van der Waals surface area contributed by atoms with Crippen molar-refractivity contribution in [2.24, 2.45) is 0 Å². The van der Waals surface area contributed by atoms with Crippen LogP contribution in [0.25, 0.3) is 0 Å². The first kappa shape index (κ1) is 16.4. The lowest BCUT2D eigenvalue weighted by Gasteiger charge is -2.33. The predicted molar refractivity (Wildman–Crippen MR) is 83.0 cm³/mol. The molecule has 0 bridgehead atoms. The third kappa shape index (κ3) is 3.83. The number of hydrogen-bond donors (Lipinski definition) is 0. The zero-order chi connectivity index (χ0) is 15.5. The summed E-state index contributed by atoms with van der Waals surface area (Å²) in [6, 6.07) is 5.34. The minimum atomic E-state index is -3.37. The fraction of sp³-hybridized carbons (Fsp3) is 0.600. The summed E-state index contributed by atoms with van der Waals surface area (Å²) in [6.45, 7) is 8.06. The Hall–Kier alpha value is -0.950. The summed E-state index contributed by atoms with van der Waals surface area (Å²) < 4.78 is 32.0. The molecule has 0 atom stereocenters. The topological polar surface area (TPSA) is 49.9 Å². The van der Waals surface area contributed by atoms with Gasteiger partial charge in [-0.25, -0.2) is 8.42 Å². The maximum absolute atomic E-state index is 12.7. The van der Waals surface area contributed by atoms with Gasteiger partial charge in [0.2, 0.25) is 10.0 Å². The van der Waals surface area contributed by atoms with Crippen molar-refractivity contribution in [3.8, 4) is 0 Å². The van der Waals surface area contributed by atoms with E-state index >= 15 is 0 Å². The van der Waals surface area contributed by atoms with Gasteiger partial charge in [-0.1, -0.05) is 6.07 Å². The van der Waals surface area contributed by atoms with Crippen LogP contribution >= 0.6 is 0 Å². The monoisotopic (exact) mass is 312 g/mol. The summed E-state index contributed by atoms with van der Waals surface area (Å²) in [6.07, 6.45) is 0. The molecule has 0 amide bonds. The van der Waals surface area contributed by atoms with Gasteiger partial charge in [-0.05, 0) is 37.1 Å². The highest BCUT2D eigenvalue weighted by molar-refractivity contribution is 7.89. The minimum absolute atomic E-state index is 0.399. The zero-order valence-electron chi connectivity index (χ0n) is 13.0. The van der Waals surface area contributed by atoms with Crippen LogP contribution in [-0.2, 0) is 14.8 Å². The molecule has 0 unspecified atom stereocenters. The van der Waals surface area contributed by atoms with Gasteiger partial charge in [0.25, 0.3) is 0 Å². The number of rotatable bonds is 5. The first-order valence-corrected chi connectivity index (χ1v) is 8.68. The summed E-state index contributed by atoms with van der Waals surface area (Å²) in [5.41, 5.74) is 2.12. The molecule has 1 saturated heterocycles. The molecule has 2 rings (SSSR count). The van der Waals surface area contributed by atoms with E-state index in [-0.39, 0.29) is 0 Å². The zero-order valence-corrected chi connectivity index (χ0v) is 13.8. The number of nitrogens with zero attached hydrogens (tertiary/aromatic N) is 2. The van der Waals surface area contributed by atoms with Crippen LogP contribution in [0, 0.1) is 13.8 Å². The molecule has 0 aromatic heterocycles. The third-order valence-corrected chi connectivity index (χ3v) is 5.95. The minimum Gasteiger partial charge on any atom is -0.383 e. The van der Waals surface area contributed by atoms with Gasteiger partial charge in [-0.3, -0.25) is 4.90 Å². The molecule has 6 heteroatoms. The number of sulfonamides is 1. The average Bonchev–Trinajstić information content (AvgIpc) is 2.48. The molecule has 118 valence electrons. The van der Waals surface area contributed by atoms with Crippen molar-refractivity contribution in [2.45, 2.75) is 18.7 Å². The molecule has 1 heterocycles. The van der Waals surface area contributed by atoms with Gasteiger partial charge in [-0.2, -0.15) is 4.31 Å². The van der Waals surface area contributed by atoms with Crippen LogP contribution in [0.3, 0.4) is 0 Å². The van der Waals surface area contributed by atoms with Crippen LogP contribution in [0.2, 0.25) is 0 Å². The van der Waals surface area contributed by atoms with Crippen molar-refractivity contribution in [1.82, 2.24) is 9.21 Å². The summed E-state index contributed by atoms with van der Waals surface area (Å²) in [5, 5.41) is 0. The molecule has 5 nitrogen and oxygen atoms in total. The van der Waals surface area contributed by atoms with Gasteiger partial charge in [-0.15, -0.1) is 0 Å². The number of piperazine rings is 1. The molecule has 0 N–H and O–H groups in total. The Kier molecular flexibility index (Phi) is 5.37. The molecule has 0 aliphatic carbocycles. The van der Waals surface area contributed by atoms with E-state index in [0.717, 1.165) is 30.8 Å². The van der Waals surface area contributed by atoms with Crippen molar-refractivity contribution in [1.29, 1.82) is 0 Å². The molecule has 1 aliphatic rings. The van der Waals surface area contributed by atoms with Gasteiger partial charge < -0.3 is 4.74 Å². The highest BCUT2D eigenvalue weighted by Gasteiger charge is 2.28. The lowest BCUT2D eigenvalue weighted by molar-refractivity contribution is 0.123. The number of ether oxygens (including phenoxy) is 1. The van der Waals surface area contributed by atoms with E-state index in [1.54, 1.807) is 23.5 Å². The van der Waals surface area contributed by atoms with Crippen molar-refractivity contribution in [2.75, 3.05) is 46.4 Å². The standard InChI is InChI=1S/C15H24N2O3S/c1-13-4-5-15(12-14(13)2)21(18,19)17-8-6-16(7-9-17)10-11-20-3/h4-5,12H,6-11H2,1-3H3. The quantitative estimate of drug-likeness (QED) is 0.821. The molecular formula is C15H24N2O3S. The smallest absolute Gasteiger partial charge is 0.243 e. The molecule has 1 fully saturated rings. The molecule has 0 radical (unpaired) electrons. The maximum atomic E-state index is 12.7. The maximum Gasteiger partial charge on any atom is 0.243 e. The van der Waals surface area contributed by atoms with E-state index in [1.165, 1.54) is 0 Å². The fourth-order valence-electron chi connectivity index (χ4n) is 2.44. The van der Waals surface area contributed by atoms with Crippen LogP contribution in [0.1, 0.15) is 11.1 Å². The van der Waals surface area contributed by atoms with Gasteiger partial charge in [0.05, 0.1) is 11.5 Å². The molecule has 1 aromatic carbocycles. The van der Waals surface area contributed by atoms with Crippen molar-refractivity contribution in [3.63, 3.8) is 0 Å². The van der Waals surface area contributed by atoms with Crippen molar-refractivity contribution < 1.29 is 13.2 Å². The van der Waals surface area contributed by atoms with E-state index in [2.05, 4.69) is 4.90 Å². The SMILES string of the molecule is COCCN1CCN(S(=O)(=O)c2ccc(C)c(C)c2)CC1. The normalized spacial score (nSPS) is 18.0. The molecule has 0 spiro atoms. The van der Waals surface area contributed by atoms with Crippen LogP contribution < -0.4 is 0 Å². The Bertz CT molecular complexity index is 579. The van der Waals surface area contributed by atoms with Gasteiger partial charge in [0.15, 0.2) is 0 Å². The van der Waals surface area contributed by atoms with E-state index in [4.69, 9.17) is 4.74 Å². The van der Waals surface area contributed by atoms with Gasteiger partial charge >= 0.3 is 0 Å². The molecule has 0 saturated carbocycles. The predicted octanol–water partition coefficient (Wildman–Crippen LogP) is 1.26. The van der Waals surface area contributed by atoms with E-state index in [9.17, 15) is 8.42 Å². The largest absolute Gasteiger partial charge is 0.383 e. The Morgan fingerprint density at radius 3 is 2.33 bits per heavy atom. The summed E-state index contributed by atoms with van der Waals surface area (Å²) in [5.74, 6) is 0. The van der Waals surface area contributed by atoms with Crippen molar-refractivity contribution in [3.05, 3.63) is 29.3 Å². The first-order valence-electron chi connectivity index (χ1n) is 7.24. The lowest BCUT2D eigenvalue weighted by atomic mass is 10.1. The van der Waals surface area contributed by atoms with E-state index in [0.29, 0.717) is 24.6 Å². The Balaban J connectivity index is 2.06. The Morgan fingerprint density at radius 2 is 1.76 bits per heavy atom. The van der Waals surface area contributed by atoms with E-state index in [1.807, 2.05) is 19.9 Å². The summed E-state index contributed by atoms with van der Waals surface area (Å²) in [7, 11) is -1.69. The summed E-state index contributed by atoms with van der Waals surface area (Å²) >= 11 is 0. The van der Waals surface area contributed by atoms with Crippen LogP contribution in [-0.4, -0.2) is 64.1 Å². The average molecular weight is 312 g/mol. The summed E-state index contributed by atoms with van der Waals surface area (Å²) in [4.78, 5) is 2.63. The highest BCUT2D eigenvalue weighted by atomic mass is 32.2. The Labute approximate surface area is 127 Å². The van der Waals surface area contributed by atoms with Crippen molar-refractivity contribution >= 4 is 10.0 Å². The second kappa shape index (κ2) is 6.87. The van der Waals surface area contributed by atoms with Gasteiger partial charge in [0.1, 0.15) is 0 Å². The lowest BCUT2D eigenvalue weighted by Crippen LogP contribution is -2.49. The molecule has 1 aliphatic heterocycles. The van der Waals surface area contributed by atoms with Gasteiger partial charge in [0, 0.05) is 39.8 Å². The number of benzene rings is 1. The third-order valence-electron chi connectivity index (χ3n) is 4.06. The highest BCUT2D eigenvalue weighted by Crippen LogP contribution is 2.20. The van der Waals surface area contributed by atoms with Crippen LogP contribution in [0.15, 0.2) is 23.1 Å². The van der Waals surface area contributed by atoms with Crippen LogP contribution in [0.5, 0.6) is 0 Å². The van der Waals surface area contributed by atoms with E-state index < -0.39 is 10.0 Å². The number of methoxy groups -OCH3 is 1. The second-order valence-electron chi connectivity index (χ2n) is 5.48. The fourth-order valence-corrected chi connectivity index (χ4v) is 3.95. The molecule has 1 aromatic rings. The Morgan fingerprint density at radius 1 is 1.10 bits per heavy atom. The number of aryl methyl sites for hydroxylation is 2. The van der Waals surface area contributed by atoms with Crippen LogP contribution in [0.4, 0.5) is 0 Å². The molecule has 21 heavy (non-hydrogen) atoms. The second-order valence-corrected chi connectivity index (χ2v) is 7.42. The number of hydrogen-bond acceptors (Lipinski definition) is 4. The first-order chi connectivity index (χ1) is 9.95. The molecular weight excluding hydrogens is 288 g/mol.